The normalized spacial score (nSPS) is 21.7. The predicted molar refractivity (Wildman–Crippen MR) is 82.7 cm³/mol. The van der Waals surface area contributed by atoms with E-state index in [9.17, 15) is 4.79 Å². The first-order valence-electron chi connectivity index (χ1n) is 7.65. The molecule has 21 heavy (non-hydrogen) atoms. The smallest absolute Gasteiger partial charge is 0.260 e. The molecule has 4 nitrogen and oxygen atoms in total. The van der Waals surface area contributed by atoms with E-state index >= 15 is 0 Å². The van der Waals surface area contributed by atoms with Gasteiger partial charge in [-0.15, -0.1) is 0 Å². The lowest BCUT2D eigenvalue weighted by atomic mass is 9.85. The molecule has 1 aliphatic carbocycles. The van der Waals surface area contributed by atoms with Crippen molar-refractivity contribution in [1.29, 1.82) is 0 Å². The largest absolute Gasteiger partial charge is 0.493 e. The average Bonchev–Trinajstić information content (AvgIpc) is 2.52. The van der Waals surface area contributed by atoms with E-state index in [1.165, 1.54) is 19.3 Å². The molecular weight excluding hydrogens is 266 g/mol. The van der Waals surface area contributed by atoms with Crippen molar-refractivity contribution in [3.63, 3.8) is 0 Å². The fourth-order valence-electron chi connectivity index (χ4n) is 3.04. The molecule has 2 atom stereocenters. The first-order valence-corrected chi connectivity index (χ1v) is 7.65. The highest BCUT2D eigenvalue weighted by Crippen LogP contribution is 2.28. The Morgan fingerprint density at radius 2 is 1.90 bits per heavy atom. The van der Waals surface area contributed by atoms with Gasteiger partial charge in [0.25, 0.3) is 5.91 Å². The predicted octanol–water partition coefficient (Wildman–Crippen LogP) is 3.11. The highest BCUT2D eigenvalue weighted by molar-refractivity contribution is 5.78. The molecule has 0 heterocycles. The quantitative estimate of drug-likeness (QED) is 0.836. The van der Waals surface area contributed by atoms with Crippen molar-refractivity contribution in [2.75, 3.05) is 20.8 Å². The summed E-state index contributed by atoms with van der Waals surface area (Å²) in [4.78, 5) is 14.2. The van der Waals surface area contributed by atoms with Crippen LogP contribution in [0.3, 0.4) is 0 Å². The van der Waals surface area contributed by atoms with Crippen molar-refractivity contribution in [3.05, 3.63) is 24.3 Å². The lowest BCUT2D eigenvalue weighted by Crippen LogP contribution is -2.44. The molecule has 0 radical (unpaired) electrons. The van der Waals surface area contributed by atoms with Gasteiger partial charge in [-0.3, -0.25) is 4.79 Å². The van der Waals surface area contributed by atoms with Crippen molar-refractivity contribution in [2.24, 2.45) is 5.92 Å². The molecule has 2 rings (SSSR count). The number of carbonyl (C=O) groups excluding carboxylic acids is 1. The van der Waals surface area contributed by atoms with Gasteiger partial charge in [0.05, 0.1) is 7.11 Å². The Kier molecular flexibility index (Phi) is 5.48. The summed E-state index contributed by atoms with van der Waals surface area (Å²) < 4.78 is 10.8. The van der Waals surface area contributed by atoms with Gasteiger partial charge in [-0.2, -0.15) is 0 Å². The number of benzene rings is 1. The molecule has 1 amide bonds. The van der Waals surface area contributed by atoms with Crippen LogP contribution in [0.25, 0.3) is 0 Å². The molecule has 0 N–H and O–H groups in total. The van der Waals surface area contributed by atoms with Gasteiger partial charge in [0.2, 0.25) is 0 Å². The van der Waals surface area contributed by atoms with E-state index in [1.807, 2.05) is 36.2 Å². The van der Waals surface area contributed by atoms with Gasteiger partial charge in [-0.05, 0) is 30.9 Å². The van der Waals surface area contributed by atoms with E-state index in [0.717, 1.165) is 6.42 Å². The number of hydrogen-bond donors (Lipinski definition) is 0. The fraction of sp³-hybridized carbons (Fsp3) is 0.588. The number of nitrogens with zero attached hydrogens (tertiary/aromatic N) is 1. The van der Waals surface area contributed by atoms with Gasteiger partial charge in [0.1, 0.15) is 0 Å². The monoisotopic (exact) mass is 291 g/mol. The zero-order valence-electron chi connectivity index (χ0n) is 13.2. The van der Waals surface area contributed by atoms with Crippen LogP contribution in [-0.2, 0) is 4.79 Å². The van der Waals surface area contributed by atoms with Gasteiger partial charge in [0, 0.05) is 13.1 Å². The van der Waals surface area contributed by atoms with Crippen LogP contribution in [-0.4, -0.2) is 37.6 Å². The topological polar surface area (TPSA) is 38.8 Å². The van der Waals surface area contributed by atoms with E-state index in [-0.39, 0.29) is 12.5 Å². The number of hydrogen-bond acceptors (Lipinski definition) is 3. The number of amides is 1. The van der Waals surface area contributed by atoms with Gasteiger partial charge in [-0.1, -0.05) is 31.9 Å². The number of likely N-dealkylation sites (N-methyl/N-ethyl adjacent to an activating group) is 1. The summed E-state index contributed by atoms with van der Waals surface area (Å²) >= 11 is 0. The summed E-state index contributed by atoms with van der Waals surface area (Å²) in [6, 6.07) is 7.73. The molecule has 0 aromatic heterocycles. The first kappa shape index (κ1) is 15.7. The minimum absolute atomic E-state index is 0.0275. The summed E-state index contributed by atoms with van der Waals surface area (Å²) in [6.45, 7) is 2.29. The number of para-hydroxylation sites is 2. The molecule has 4 heteroatoms. The van der Waals surface area contributed by atoms with Crippen LogP contribution in [0, 0.1) is 5.92 Å². The Morgan fingerprint density at radius 1 is 1.24 bits per heavy atom. The molecule has 2 unspecified atom stereocenters. The van der Waals surface area contributed by atoms with Crippen molar-refractivity contribution < 1.29 is 14.3 Å². The van der Waals surface area contributed by atoms with Gasteiger partial charge in [-0.25, -0.2) is 0 Å². The number of carbonyl (C=O) groups is 1. The SMILES string of the molecule is COc1ccccc1OCC(=O)N(C)C1CCCCC1C. The van der Waals surface area contributed by atoms with Gasteiger partial charge < -0.3 is 14.4 Å². The molecule has 1 aliphatic rings. The molecule has 0 bridgehead atoms. The molecule has 1 aromatic carbocycles. The molecule has 1 fully saturated rings. The molecule has 116 valence electrons. The van der Waals surface area contributed by atoms with Crippen molar-refractivity contribution in [1.82, 2.24) is 4.90 Å². The molecule has 1 saturated carbocycles. The third-order valence-corrected chi connectivity index (χ3v) is 4.38. The summed E-state index contributed by atoms with van der Waals surface area (Å²) in [5.41, 5.74) is 0. The maximum absolute atomic E-state index is 12.3. The summed E-state index contributed by atoms with van der Waals surface area (Å²) in [7, 11) is 3.49. The van der Waals surface area contributed by atoms with Crippen LogP contribution in [0.2, 0.25) is 0 Å². The molecular formula is C17H25NO3. The highest BCUT2D eigenvalue weighted by atomic mass is 16.5. The van der Waals surface area contributed by atoms with Crippen molar-refractivity contribution in [2.45, 2.75) is 38.6 Å². The second-order valence-corrected chi connectivity index (χ2v) is 5.77. The lowest BCUT2D eigenvalue weighted by Gasteiger charge is -2.36. The van der Waals surface area contributed by atoms with E-state index < -0.39 is 0 Å². The first-order chi connectivity index (χ1) is 10.1. The second-order valence-electron chi connectivity index (χ2n) is 5.77. The van der Waals surface area contributed by atoms with Gasteiger partial charge >= 0.3 is 0 Å². The minimum atomic E-state index is 0.0275. The Hall–Kier alpha value is -1.71. The van der Waals surface area contributed by atoms with E-state index in [1.54, 1.807) is 7.11 Å². The molecule has 1 aromatic rings. The Balaban J connectivity index is 1.91. The van der Waals surface area contributed by atoms with E-state index in [0.29, 0.717) is 23.5 Å². The fourth-order valence-corrected chi connectivity index (χ4v) is 3.04. The third-order valence-electron chi connectivity index (χ3n) is 4.38. The van der Waals surface area contributed by atoms with Crippen LogP contribution in [0.15, 0.2) is 24.3 Å². The van der Waals surface area contributed by atoms with Crippen LogP contribution >= 0.6 is 0 Å². The Labute approximate surface area is 127 Å². The van der Waals surface area contributed by atoms with Crippen LogP contribution < -0.4 is 9.47 Å². The average molecular weight is 291 g/mol. The summed E-state index contributed by atoms with van der Waals surface area (Å²) in [5, 5.41) is 0. The van der Waals surface area contributed by atoms with Crippen molar-refractivity contribution in [3.8, 4) is 11.5 Å². The zero-order chi connectivity index (χ0) is 15.2. The molecule has 0 aliphatic heterocycles. The number of ether oxygens (including phenoxy) is 2. The zero-order valence-corrected chi connectivity index (χ0v) is 13.2. The summed E-state index contributed by atoms with van der Waals surface area (Å²) in [5.74, 6) is 1.86. The van der Waals surface area contributed by atoms with E-state index in [4.69, 9.17) is 9.47 Å². The number of rotatable bonds is 5. The van der Waals surface area contributed by atoms with E-state index in [2.05, 4.69) is 6.92 Å². The van der Waals surface area contributed by atoms with Gasteiger partial charge in [0.15, 0.2) is 18.1 Å². The Bertz CT molecular complexity index is 475. The van der Waals surface area contributed by atoms with Crippen molar-refractivity contribution >= 4 is 5.91 Å². The van der Waals surface area contributed by atoms with Crippen LogP contribution in [0.5, 0.6) is 11.5 Å². The van der Waals surface area contributed by atoms with Crippen LogP contribution in [0.1, 0.15) is 32.6 Å². The molecule has 0 saturated heterocycles. The minimum Gasteiger partial charge on any atom is -0.493 e. The second kappa shape index (κ2) is 7.34. The molecule has 0 spiro atoms. The third kappa shape index (κ3) is 3.90. The highest BCUT2D eigenvalue weighted by Gasteiger charge is 2.28. The van der Waals surface area contributed by atoms with Crippen LogP contribution in [0.4, 0.5) is 0 Å². The maximum atomic E-state index is 12.3. The maximum Gasteiger partial charge on any atom is 0.260 e. The standard InChI is InChI=1S/C17H25NO3/c1-13-8-4-5-9-14(13)18(2)17(19)12-21-16-11-7-6-10-15(16)20-3/h6-7,10-11,13-14H,4-5,8-9,12H2,1-3H3. The Morgan fingerprint density at radius 3 is 2.57 bits per heavy atom. The lowest BCUT2D eigenvalue weighted by molar-refractivity contribution is -0.135. The number of methoxy groups -OCH3 is 1. The summed E-state index contributed by atoms with van der Waals surface area (Å²) in [6.07, 6.45) is 4.78.